The van der Waals surface area contributed by atoms with E-state index in [0.717, 1.165) is 25.3 Å². The molecular weight excluding hydrogens is 254 g/mol. The van der Waals surface area contributed by atoms with Crippen molar-refractivity contribution in [1.82, 2.24) is 9.78 Å². The average molecular weight is 272 g/mol. The molecule has 0 atom stereocenters. The lowest BCUT2D eigenvalue weighted by molar-refractivity contribution is 0.607. The van der Waals surface area contributed by atoms with Gasteiger partial charge in [-0.3, -0.25) is 0 Å². The second-order valence-corrected chi connectivity index (χ2v) is 5.18. The van der Waals surface area contributed by atoms with Gasteiger partial charge >= 0.3 is 0 Å². The quantitative estimate of drug-likeness (QED) is 0.899. The Bertz CT molecular complexity index is 450. The predicted octanol–water partition coefficient (Wildman–Crippen LogP) is 3.70. The molecule has 0 saturated carbocycles. The molecular formula is C12H18ClN3S. The van der Waals surface area contributed by atoms with Crippen LogP contribution in [-0.2, 0) is 13.1 Å². The van der Waals surface area contributed by atoms with E-state index in [1.165, 1.54) is 9.75 Å². The van der Waals surface area contributed by atoms with Crippen molar-refractivity contribution in [2.45, 2.75) is 33.4 Å². The number of nitrogens with zero attached hydrogens (tertiary/aromatic N) is 2. The normalized spacial score (nSPS) is 10.0. The zero-order chi connectivity index (χ0) is 11.4. The number of aryl methyl sites for hydroxylation is 2. The van der Waals surface area contributed by atoms with Gasteiger partial charge in [-0.25, -0.2) is 4.68 Å². The second-order valence-electron chi connectivity index (χ2n) is 3.81. The number of hydrogen-bond acceptors (Lipinski definition) is 3. The van der Waals surface area contributed by atoms with E-state index in [4.69, 9.17) is 0 Å². The lowest BCUT2D eigenvalue weighted by Gasteiger charge is -2.07. The molecule has 2 heterocycles. The number of aromatic nitrogens is 2. The summed E-state index contributed by atoms with van der Waals surface area (Å²) in [6.07, 6.45) is 2.95. The van der Waals surface area contributed by atoms with Crippen LogP contribution in [0.4, 0.5) is 5.82 Å². The Morgan fingerprint density at radius 3 is 2.82 bits per heavy atom. The number of hydrogen-bond donors (Lipinski definition) is 1. The van der Waals surface area contributed by atoms with E-state index in [0.29, 0.717) is 0 Å². The van der Waals surface area contributed by atoms with Gasteiger partial charge in [0.25, 0.3) is 0 Å². The fourth-order valence-electron chi connectivity index (χ4n) is 1.63. The van der Waals surface area contributed by atoms with Crippen molar-refractivity contribution in [3.63, 3.8) is 0 Å². The molecule has 3 nitrogen and oxygen atoms in total. The molecule has 0 spiro atoms. The number of rotatable bonds is 5. The number of halogens is 1. The maximum Gasteiger partial charge on any atom is 0.124 e. The van der Waals surface area contributed by atoms with Crippen LogP contribution in [0.1, 0.15) is 23.1 Å². The smallest absolute Gasteiger partial charge is 0.124 e. The highest BCUT2D eigenvalue weighted by molar-refractivity contribution is 7.11. The van der Waals surface area contributed by atoms with Gasteiger partial charge in [0.15, 0.2) is 0 Å². The second kappa shape index (κ2) is 6.67. The standard InChI is InChI=1S/C12H17N3S.ClH/c1-3-8-15-12(6-7-14-15)13-9-11-5-4-10(2)16-11;/h4-7,13H,3,8-9H2,1-2H3;1H. The summed E-state index contributed by atoms with van der Waals surface area (Å²) in [6, 6.07) is 6.36. The molecule has 1 N–H and O–H groups in total. The van der Waals surface area contributed by atoms with Crippen molar-refractivity contribution in [1.29, 1.82) is 0 Å². The Hall–Kier alpha value is -1.000. The maximum atomic E-state index is 4.28. The molecule has 0 unspecified atom stereocenters. The van der Waals surface area contributed by atoms with Gasteiger partial charge in [0.1, 0.15) is 5.82 Å². The highest BCUT2D eigenvalue weighted by Crippen LogP contribution is 2.17. The van der Waals surface area contributed by atoms with Crippen LogP contribution < -0.4 is 5.32 Å². The van der Waals surface area contributed by atoms with E-state index in [9.17, 15) is 0 Å². The largest absolute Gasteiger partial charge is 0.365 e. The van der Waals surface area contributed by atoms with E-state index in [2.05, 4.69) is 36.4 Å². The molecule has 5 heteroatoms. The summed E-state index contributed by atoms with van der Waals surface area (Å²) in [5.74, 6) is 1.10. The fraction of sp³-hybridized carbons (Fsp3) is 0.417. The van der Waals surface area contributed by atoms with Gasteiger partial charge in [-0.05, 0) is 25.5 Å². The summed E-state index contributed by atoms with van der Waals surface area (Å²) in [5.41, 5.74) is 0. The summed E-state index contributed by atoms with van der Waals surface area (Å²) in [6.45, 7) is 6.15. The minimum Gasteiger partial charge on any atom is -0.365 e. The minimum absolute atomic E-state index is 0. The lowest BCUT2D eigenvalue weighted by atomic mass is 10.4. The number of thiophene rings is 1. The third-order valence-electron chi connectivity index (χ3n) is 2.39. The Morgan fingerprint density at radius 2 is 2.18 bits per heavy atom. The van der Waals surface area contributed by atoms with Crippen LogP contribution in [0.25, 0.3) is 0 Å². The Kier molecular flexibility index (Phi) is 5.51. The highest BCUT2D eigenvalue weighted by atomic mass is 35.5. The zero-order valence-corrected chi connectivity index (χ0v) is 11.8. The summed E-state index contributed by atoms with van der Waals surface area (Å²) < 4.78 is 2.01. The molecule has 2 rings (SSSR count). The minimum atomic E-state index is 0. The first-order valence-electron chi connectivity index (χ1n) is 5.60. The van der Waals surface area contributed by atoms with Crippen molar-refractivity contribution in [3.8, 4) is 0 Å². The highest BCUT2D eigenvalue weighted by Gasteiger charge is 2.01. The van der Waals surface area contributed by atoms with Gasteiger partial charge in [-0.1, -0.05) is 6.92 Å². The van der Waals surface area contributed by atoms with Crippen LogP contribution in [-0.4, -0.2) is 9.78 Å². The molecule has 2 aromatic heterocycles. The molecule has 2 aromatic rings. The van der Waals surface area contributed by atoms with Crippen LogP contribution in [0.5, 0.6) is 0 Å². The molecule has 94 valence electrons. The van der Waals surface area contributed by atoms with E-state index in [-0.39, 0.29) is 12.4 Å². The van der Waals surface area contributed by atoms with Crippen LogP contribution >= 0.6 is 23.7 Å². The molecule has 0 aliphatic heterocycles. The van der Waals surface area contributed by atoms with Crippen molar-refractivity contribution in [3.05, 3.63) is 34.2 Å². The van der Waals surface area contributed by atoms with Crippen molar-refractivity contribution >= 4 is 29.6 Å². The van der Waals surface area contributed by atoms with E-state index in [1.54, 1.807) is 0 Å². The summed E-state index contributed by atoms with van der Waals surface area (Å²) >= 11 is 1.84. The van der Waals surface area contributed by atoms with Crippen LogP contribution in [0, 0.1) is 6.92 Å². The monoisotopic (exact) mass is 271 g/mol. The third-order valence-corrected chi connectivity index (χ3v) is 3.39. The van der Waals surface area contributed by atoms with Crippen molar-refractivity contribution in [2.75, 3.05) is 5.32 Å². The van der Waals surface area contributed by atoms with Gasteiger partial charge in [0, 0.05) is 22.4 Å². The SMILES string of the molecule is CCCn1nccc1NCc1ccc(C)s1.Cl. The van der Waals surface area contributed by atoms with Crippen LogP contribution in [0.2, 0.25) is 0 Å². The van der Waals surface area contributed by atoms with Crippen molar-refractivity contribution < 1.29 is 0 Å². The van der Waals surface area contributed by atoms with Crippen LogP contribution in [0.3, 0.4) is 0 Å². The Balaban J connectivity index is 0.00000144. The lowest BCUT2D eigenvalue weighted by Crippen LogP contribution is -2.07. The Labute approximate surface area is 112 Å². The van der Waals surface area contributed by atoms with E-state index in [1.807, 2.05) is 28.3 Å². The van der Waals surface area contributed by atoms with E-state index >= 15 is 0 Å². The molecule has 0 saturated heterocycles. The van der Waals surface area contributed by atoms with Gasteiger partial charge in [-0.15, -0.1) is 23.7 Å². The molecule has 17 heavy (non-hydrogen) atoms. The molecule has 0 aliphatic rings. The van der Waals surface area contributed by atoms with Gasteiger partial charge in [-0.2, -0.15) is 5.10 Å². The number of anilines is 1. The van der Waals surface area contributed by atoms with E-state index < -0.39 is 0 Å². The Morgan fingerprint density at radius 1 is 1.35 bits per heavy atom. The maximum absolute atomic E-state index is 4.28. The molecule has 0 bridgehead atoms. The molecule has 0 fully saturated rings. The molecule has 0 aromatic carbocycles. The van der Waals surface area contributed by atoms with Crippen LogP contribution in [0.15, 0.2) is 24.4 Å². The fourth-order valence-corrected chi connectivity index (χ4v) is 2.46. The predicted molar refractivity (Wildman–Crippen MR) is 76.1 cm³/mol. The number of nitrogens with one attached hydrogen (secondary N) is 1. The topological polar surface area (TPSA) is 29.9 Å². The van der Waals surface area contributed by atoms with Gasteiger partial charge in [0.2, 0.25) is 0 Å². The summed E-state index contributed by atoms with van der Waals surface area (Å²) in [4.78, 5) is 2.72. The zero-order valence-electron chi connectivity index (χ0n) is 10.1. The first kappa shape index (κ1) is 14.1. The molecule has 0 amide bonds. The first-order valence-corrected chi connectivity index (χ1v) is 6.42. The van der Waals surface area contributed by atoms with Gasteiger partial charge in [0.05, 0.1) is 12.7 Å². The summed E-state index contributed by atoms with van der Waals surface area (Å²) in [5, 5.41) is 7.70. The molecule has 0 aliphatic carbocycles. The first-order chi connectivity index (χ1) is 7.79. The summed E-state index contributed by atoms with van der Waals surface area (Å²) in [7, 11) is 0. The van der Waals surface area contributed by atoms with Crippen molar-refractivity contribution in [2.24, 2.45) is 0 Å². The third kappa shape index (κ3) is 3.75. The average Bonchev–Trinajstić information content (AvgIpc) is 2.85. The van der Waals surface area contributed by atoms with Gasteiger partial charge < -0.3 is 5.32 Å². The molecule has 0 radical (unpaired) electrons.